The van der Waals surface area contributed by atoms with Crippen LogP contribution in [0.1, 0.15) is 10.4 Å². The van der Waals surface area contributed by atoms with Gasteiger partial charge in [-0.05, 0) is 37.6 Å². The van der Waals surface area contributed by atoms with Crippen LogP contribution >= 0.6 is 11.3 Å². The lowest BCUT2D eigenvalue weighted by Crippen LogP contribution is -2.11. The zero-order chi connectivity index (χ0) is 15.8. The third kappa shape index (κ3) is 5.18. The molecule has 0 atom stereocenters. The smallest absolute Gasteiger partial charge is 0.230 e. The Labute approximate surface area is 133 Å². The largest absolute Gasteiger partial charge is 0.394 e. The molecule has 1 aromatic carbocycles. The number of nitrogens with zero attached hydrogens (tertiary/aromatic N) is 3. The molecule has 0 aliphatic heterocycles. The molecule has 0 bridgehead atoms. The van der Waals surface area contributed by atoms with Crippen molar-refractivity contribution in [1.82, 2.24) is 4.98 Å². The first kappa shape index (κ1) is 16.5. The monoisotopic (exact) mass is 320 g/mol. The van der Waals surface area contributed by atoms with Crippen molar-refractivity contribution >= 4 is 27.8 Å². The quantitative estimate of drug-likeness (QED) is 0.575. The highest BCUT2D eigenvalue weighted by Crippen LogP contribution is 2.26. The second-order valence-electron chi connectivity index (χ2n) is 4.72. The molecule has 7 heteroatoms. The number of aryl methyl sites for hydroxylation is 2. The Kier molecular flexibility index (Phi) is 6.45. The summed E-state index contributed by atoms with van der Waals surface area (Å²) < 4.78 is 5.20. The van der Waals surface area contributed by atoms with Gasteiger partial charge in [-0.2, -0.15) is 0 Å². The summed E-state index contributed by atoms with van der Waals surface area (Å²) in [4.78, 5) is 5.28. The number of azo groups is 1. The van der Waals surface area contributed by atoms with E-state index in [0.29, 0.717) is 24.9 Å². The summed E-state index contributed by atoms with van der Waals surface area (Å²) in [5.74, 6) is 0. The summed E-state index contributed by atoms with van der Waals surface area (Å²) in [7, 11) is 0. The number of rotatable bonds is 8. The van der Waals surface area contributed by atoms with Crippen molar-refractivity contribution in [1.29, 1.82) is 0 Å². The van der Waals surface area contributed by atoms with Gasteiger partial charge in [-0.1, -0.05) is 11.3 Å². The Morgan fingerprint density at radius 2 is 2.14 bits per heavy atom. The van der Waals surface area contributed by atoms with Crippen molar-refractivity contribution < 1.29 is 9.84 Å². The average molecular weight is 320 g/mol. The third-order valence-corrected chi connectivity index (χ3v) is 3.66. The van der Waals surface area contributed by atoms with Gasteiger partial charge in [0, 0.05) is 23.3 Å². The third-order valence-electron chi connectivity index (χ3n) is 2.86. The number of hydrogen-bond donors (Lipinski definition) is 2. The number of thiazole rings is 1. The van der Waals surface area contributed by atoms with E-state index in [-0.39, 0.29) is 6.61 Å². The van der Waals surface area contributed by atoms with E-state index in [1.165, 1.54) is 11.3 Å². The van der Waals surface area contributed by atoms with Crippen LogP contribution < -0.4 is 5.32 Å². The number of anilines is 1. The number of ether oxygens (including phenoxy) is 1. The van der Waals surface area contributed by atoms with Crippen molar-refractivity contribution in [2.75, 3.05) is 31.7 Å². The fraction of sp³-hybridized carbons (Fsp3) is 0.400. The Morgan fingerprint density at radius 1 is 1.27 bits per heavy atom. The molecule has 0 fully saturated rings. The number of aromatic nitrogens is 1. The molecule has 1 aromatic heterocycles. The number of benzene rings is 1. The molecule has 0 amide bonds. The molecule has 0 aliphatic carbocycles. The molecule has 22 heavy (non-hydrogen) atoms. The predicted molar refractivity (Wildman–Crippen MR) is 88.6 cm³/mol. The van der Waals surface area contributed by atoms with E-state index < -0.39 is 0 Å². The maximum Gasteiger partial charge on any atom is 0.230 e. The van der Waals surface area contributed by atoms with E-state index >= 15 is 0 Å². The molecular weight excluding hydrogens is 300 g/mol. The number of nitrogens with one attached hydrogen (secondary N) is 1. The minimum Gasteiger partial charge on any atom is -0.394 e. The van der Waals surface area contributed by atoms with Crippen molar-refractivity contribution in [2.45, 2.75) is 13.8 Å². The van der Waals surface area contributed by atoms with Crippen LogP contribution in [0.4, 0.5) is 16.5 Å². The van der Waals surface area contributed by atoms with Gasteiger partial charge in [0.1, 0.15) is 0 Å². The summed E-state index contributed by atoms with van der Waals surface area (Å²) in [5, 5.41) is 20.9. The first-order chi connectivity index (χ1) is 10.7. The maximum atomic E-state index is 8.62. The maximum absolute atomic E-state index is 8.62. The molecule has 0 unspecified atom stereocenters. The van der Waals surface area contributed by atoms with Crippen LogP contribution in [0.3, 0.4) is 0 Å². The number of aliphatic hydroxyl groups is 1. The van der Waals surface area contributed by atoms with Crippen molar-refractivity contribution in [3.8, 4) is 0 Å². The van der Waals surface area contributed by atoms with Crippen molar-refractivity contribution in [2.24, 2.45) is 10.2 Å². The topological polar surface area (TPSA) is 79.1 Å². The van der Waals surface area contributed by atoms with Gasteiger partial charge in [0.25, 0.3) is 0 Å². The Hall–Kier alpha value is -1.83. The minimum atomic E-state index is 0.0530. The van der Waals surface area contributed by atoms with Crippen molar-refractivity contribution in [3.63, 3.8) is 0 Å². The molecule has 6 nitrogen and oxygen atoms in total. The second-order valence-corrected chi connectivity index (χ2v) is 5.93. The summed E-state index contributed by atoms with van der Waals surface area (Å²) in [6.45, 7) is 5.67. The predicted octanol–water partition coefficient (Wildman–Crippen LogP) is 3.60. The lowest BCUT2D eigenvalue weighted by Gasteiger charge is -2.08. The number of hydrogen-bond acceptors (Lipinski definition) is 7. The van der Waals surface area contributed by atoms with Gasteiger partial charge < -0.3 is 15.2 Å². The Bertz CT molecular complexity index is 628. The number of aliphatic hydroxyl groups excluding tert-OH is 1. The van der Waals surface area contributed by atoms with Gasteiger partial charge in [0.05, 0.1) is 25.5 Å². The van der Waals surface area contributed by atoms with E-state index in [9.17, 15) is 0 Å². The fourth-order valence-corrected chi connectivity index (χ4v) is 2.38. The van der Waals surface area contributed by atoms with E-state index in [2.05, 4.69) is 20.5 Å². The van der Waals surface area contributed by atoms with E-state index in [1.54, 1.807) is 6.20 Å². The van der Waals surface area contributed by atoms with E-state index in [1.807, 2.05) is 32.0 Å². The summed E-state index contributed by atoms with van der Waals surface area (Å²) in [6, 6.07) is 5.91. The van der Waals surface area contributed by atoms with Crippen LogP contribution in [-0.2, 0) is 4.74 Å². The Morgan fingerprint density at radius 3 is 2.82 bits per heavy atom. The highest BCUT2D eigenvalue weighted by atomic mass is 32.1. The van der Waals surface area contributed by atoms with Gasteiger partial charge in [-0.3, -0.25) is 0 Å². The summed E-state index contributed by atoms with van der Waals surface area (Å²) in [6.07, 6.45) is 1.79. The van der Waals surface area contributed by atoms with Gasteiger partial charge >= 0.3 is 0 Å². The molecule has 2 rings (SSSR count). The van der Waals surface area contributed by atoms with Crippen LogP contribution in [0.15, 0.2) is 34.6 Å². The molecular formula is C15H20N4O2S. The highest BCUT2D eigenvalue weighted by Gasteiger charge is 2.01. The zero-order valence-corrected chi connectivity index (χ0v) is 13.6. The van der Waals surface area contributed by atoms with Crippen LogP contribution in [0.25, 0.3) is 0 Å². The average Bonchev–Trinajstić information content (AvgIpc) is 2.92. The second kappa shape index (κ2) is 8.57. The molecule has 1 heterocycles. The first-order valence-electron chi connectivity index (χ1n) is 7.06. The molecule has 2 aromatic rings. The van der Waals surface area contributed by atoms with Crippen LogP contribution in [0.5, 0.6) is 0 Å². The normalized spacial score (nSPS) is 11.2. The molecule has 2 N–H and O–H groups in total. The van der Waals surface area contributed by atoms with Gasteiger partial charge in [-0.25, -0.2) is 4.98 Å². The SMILES string of the molecule is Cc1cnc(N=Nc2ccc(NCCOCCO)cc2C)s1. The zero-order valence-electron chi connectivity index (χ0n) is 12.7. The van der Waals surface area contributed by atoms with E-state index in [4.69, 9.17) is 9.84 Å². The lowest BCUT2D eigenvalue weighted by molar-refractivity contribution is 0.0992. The van der Waals surface area contributed by atoms with Crippen LogP contribution in [0.2, 0.25) is 0 Å². The molecule has 118 valence electrons. The first-order valence-corrected chi connectivity index (χ1v) is 7.88. The van der Waals surface area contributed by atoms with Crippen LogP contribution in [0, 0.1) is 13.8 Å². The molecule has 0 saturated heterocycles. The van der Waals surface area contributed by atoms with Crippen LogP contribution in [-0.4, -0.2) is 36.5 Å². The minimum absolute atomic E-state index is 0.0530. The van der Waals surface area contributed by atoms with E-state index in [0.717, 1.165) is 21.8 Å². The van der Waals surface area contributed by atoms with Gasteiger partial charge in [0.2, 0.25) is 5.13 Å². The Balaban J connectivity index is 1.90. The molecule has 0 aliphatic rings. The summed E-state index contributed by atoms with van der Waals surface area (Å²) in [5.41, 5.74) is 2.88. The lowest BCUT2D eigenvalue weighted by atomic mass is 10.2. The van der Waals surface area contributed by atoms with Gasteiger partial charge in [-0.15, -0.1) is 10.2 Å². The highest BCUT2D eigenvalue weighted by molar-refractivity contribution is 7.15. The molecule has 0 saturated carbocycles. The fourth-order valence-electron chi connectivity index (χ4n) is 1.80. The summed E-state index contributed by atoms with van der Waals surface area (Å²) >= 11 is 1.52. The van der Waals surface area contributed by atoms with Crippen molar-refractivity contribution in [3.05, 3.63) is 34.8 Å². The molecule has 0 spiro atoms. The van der Waals surface area contributed by atoms with Gasteiger partial charge in [0.15, 0.2) is 0 Å². The standard InChI is InChI=1S/C15H20N4O2S/c1-11-9-13(16-5-7-21-8-6-20)3-4-14(11)18-19-15-17-10-12(2)22-15/h3-4,9-10,16,20H,5-8H2,1-2H3. The molecule has 0 radical (unpaired) electrons.